The summed E-state index contributed by atoms with van der Waals surface area (Å²) in [5, 5.41) is 8.42. The molecule has 1 aliphatic rings. The first-order chi connectivity index (χ1) is 10.6. The highest BCUT2D eigenvalue weighted by atomic mass is 16.2. The van der Waals surface area contributed by atoms with Crippen LogP contribution in [0.2, 0.25) is 0 Å². The van der Waals surface area contributed by atoms with E-state index in [4.69, 9.17) is 0 Å². The van der Waals surface area contributed by atoms with Gasteiger partial charge in [0.05, 0.1) is 5.52 Å². The molecular weight excluding hydrogens is 276 g/mol. The number of likely N-dealkylation sites (N-methyl/N-ethyl adjacent to an activating group) is 1. The molecule has 0 bridgehead atoms. The molecule has 2 atom stereocenters. The summed E-state index contributed by atoms with van der Waals surface area (Å²) in [7, 11) is 3.96. The molecule has 2 unspecified atom stereocenters. The van der Waals surface area contributed by atoms with Gasteiger partial charge in [0.2, 0.25) is 0 Å². The molecule has 1 aromatic heterocycles. The van der Waals surface area contributed by atoms with Gasteiger partial charge in [-0.1, -0.05) is 24.3 Å². The van der Waals surface area contributed by atoms with E-state index in [1.165, 1.54) is 0 Å². The zero-order chi connectivity index (χ0) is 15.7. The van der Waals surface area contributed by atoms with E-state index in [9.17, 15) is 4.79 Å². The standard InChI is InChI=1S/C17H22N4O/c1-4-13-11-12(9-10-20(13)2)18-17(22)16-14-7-5-6-8-15(14)21(3)19-16/h4-8,12-13H,1,9-11H2,2-3H3,(H,18,22). The first-order valence-electron chi connectivity index (χ1n) is 7.65. The number of nitrogens with zero attached hydrogens (tertiary/aromatic N) is 3. The Labute approximate surface area is 130 Å². The van der Waals surface area contributed by atoms with E-state index in [2.05, 4.69) is 28.9 Å². The van der Waals surface area contributed by atoms with Crippen molar-refractivity contribution >= 4 is 16.8 Å². The molecule has 116 valence electrons. The highest BCUT2D eigenvalue weighted by Crippen LogP contribution is 2.20. The van der Waals surface area contributed by atoms with Crippen LogP contribution in [-0.4, -0.2) is 46.3 Å². The van der Waals surface area contributed by atoms with Gasteiger partial charge < -0.3 is 5.32 Å². The topological polar surface area (TPSA) is 50.2 Å². The van der Waals surface area contributed by atoms with Crippen LogP contribution in [-0.2, 0) is 7.05 Å². The summed E-state index contributed by atoms with van der Waals surface area (Å²) in [5.41, 5.74) is 1.48. The number of para-hydroxylation sites is 1. The summed E-state index contributed by atoms with van der Waals surface area (Å²) in [6.45, 7) is 4.84. The maximum atomic E-state index is 12.6. The number of aromatic nitrogens is 2. The lowest BCUT2D eigenvalue weighted by atomic mass is 9.97. The third kappa shape index (κ3) is 2.64. The molecular formula is C17H22N4O. The van der Waals surface area contributed by atoms with Crippen molar-refractivity contribution in [2.24, 2.45) is 7.05 Å². The van der Waals surface area contributed by atoms with Crippen molar-refractivity contribution < 1.29 is 4.79 Å². The van der Waals surface area contributed by atoms with Crippen molar-refractivity contribution in [3.05, 3.63) is 42.6 Å². The molecule has 22 heavy (non-hydrogen) atoms. The van der Waals surface area contributed by atoms with E-state index < -0.39 is 0 Å². The van der Waals surface area contributed by atoms with E-state index in [1.54, 1.807) is 4.68 Å². The van der Waals surface area contributed by atoms with Crippen LogP contribution in [0.15, 0.2) is 36.9 Å². The number of fused-ring (bicyclic) bond motifs is 1. The number of benzene rings is 1. The number of aryl methyl sites for hydroxylation is 1. The molecule has 2 aromatic rings. The Hall–Kier alpha value is -2.14. The van der Waals surface area contributed by atoms with E-state index in [-0.39, 0.29) is 11.9 Å². The second-order valence-electron chi connectivity index (χ2n) is 5.97. The second-order valence-corrected chi connectivity index (χ2v) is 5.97. The Bertz CT molecular complexity index is 706. The number of hydrogen-bond acceptors (Lipinski definition) is 3. The van der Waals surface area contributed by atoms with E-state index in [0.29, 0.717) is 11.7 Å². The number of likely N-dealkylation sites (tertiary alicyclic amines) is 1. The minimum absolute atomic E-state index is 0.0887. The van der Waals surface area contributed by atoms with Gasteiger partial charge in [-0.3, -0.25) is 14.4 Å². The lowest BCUT2D eigenvalue weighted by Crippen LogP contribution is -2.47. The zero-order valence-corrected chi connectivity index (χ0v) is 13.1. The van der Waals surface area contributed by atoms with Crippen LogP contribution in [0.4, 0.5) is 0 Å². The molecule has 3 rings (SSSR count). The zero-order valence-electron chi connectivity index (χ0n) is 13.1. The number of amides is 1. The largest absolute Gasteiger partial charge is 0.348 e. The van der Waals surface area contributed by atoms with Gasteiger partial charge in [0.25, 0.3) is 5.91 Å². The summed E-state index contributed by atoms with van der Waals surface area (Å²) in [6.07, 6.45) is 3.81. The fraction of sp³-hybridized carbons (Fsp3) is 0.412. The SMILES string of the molecule is C=CC1CC(NC(=O)c2nn(C)c3ccccc23)CCN1C. The summed E-state index contributed by atoms with van der Waals surface area (Å²) in [5.74, 6) is -0.0887. The fourth-order valence-electron chi connectivity index (χ4n) is 3.16. The minimum atomic E-state index is -0.0887. The van der Waals surface area contributed by atoms with Gasteiger partial charge in [0.15, 0.2) is 5.69 Å². The number of nitrogens with one attached hydrogen (secondary N) is 1. The first-order valence-corrected chi connectivity index (χ1v) is 7.65. The van der Waals surface area contributed by atoms with Crippen LogP contribution >= 0.6 is 0 Å². The molecule has 0 radical (unpaired) electrons. The number of piperidine rings is 1. The molecule has 1 aromatic carbocycles. The van der Waals surface area contributed by atoms with E-state index in [0.717, 1.165) is 30.3 Å². The molecule has 5 nitrogen and oxygen atoms in total. The Morgan fingerprint density at radius 3 is 2.95 bits per heavy atom. The monoisotopic (exact) mass is 298 g/mol. The van der Waals surface area contributed by atoms with Crippen LogP contribution in [0.1, 0.15) is 23.3 Å². The maximum absolute atomic E-state index is 12.6. The number of carbonyl (C=O) groups is 1. The molecule has 1 N–H and O–H groups in total. The van der Waals surface area contributed by atoms with Gasteiger partial charge in [-0.25, -0.2) is 0 Å². The molecule has 1 saturated heterocycles. The Kier molecular flexibility index (Phi) is 3.98. The number of rotatable bonds is 3. The summed E-state index contributed by atoms with van der Waals surface area (Å²) in [4.78, 5) is 14.9. The summed E-state index contributed by atoms with van der Waals surface area (Å²) >= 11 is 0. The Morgan fingerprint density at radius 1 is 1.41 bits per heavy atom. The summed E-state index contributed by atoms with van der Waals surface area (Å²) in [6, 6.07) is 8.30. The van der Waals surface area contributed by atoms with Gasteiger partial charge in [-0.15, -0.1) is 6.58 Å². The van der Waals surface area contributed by atoms with Crippen molar-refractivity contribution in [3.63, 3.8) is 0 Å². The molecule has 0 saturated carbocycles. The third-order valence-electron chi connectivity index (χ3n) is 4.50. The van der Waals surface area contributed by atoms with Crippen molar-refractivity contribution in [1.29, 1.82) is 0 Å². The first kappa shape index (κ1) is 14.8. The van der Waals surface area contributed by atoms with Gasteiger partial charge >= 0.3 is 0 Å². The van der Waals surface area contributed by atoms with Gasteiger partial charge in [-0.2, -0.15) is 5.10 Å². The van der Waals surface area contributed by atoms with Crippen LogP contribution in [0.25, 0.3) is 10.9 Å². The van der Waals surface area contributed by atoms with Crippen molar-refractivity contribution in [1.82, 2.24) is 20.0 Å². The summed E-state index contributed by atoms with van der Waals surface area (Å²) < 4.78 is 1.76. The average Bonchev–Trinajstić information content (AvgIpc) is 2.87. The predicted octanol–water partition coefficient (Wildman–Crippen LogP) is 1.95. The van der Waals surface area contributed by atoms with Gasteiger partial charge in [-0.05, 0) is 26.0 Å². The molecule has 2 heterocycles. The second kappa shape index (κ2) is 5.93. The highest BCUT2D eigenvalue weighted by Gasteiger charge is 2.26. The van der Waals surface area contributed by atoms with E-state index in [1.807, 2.05) is 37.4 Å². The number of carbonyl (C=O) groups excluding carboxylic acids is 1. The Morgan fingerprint density at radius 2 is 2.18 bits per heavy atom. The Balaban J connectivity index is 1.78. The lowest BCUT2D eigenvalue weighted by molar-refractivity contribution is 0.0900. The molecule has 1 amide bonds. The smallest absolute Gasteiger partial charge is 0.272 e. The van der Waals surface area contributed by atoms with E-state index >= 15 is 0 Å². The molecule has 1 aliphatic heterocycles. The quantitative estimate of drug-likeness (QED) is 0.881. The highest BCUT2D eigenvalue weighted by molar-refractivity contribution is 6.04. The van der Waals surface area contributed by atoms with Gasteiger partial charge in [0, 0.05) is 31.1 Å². The fourth-order valence-corrected chi connectivity index (χ4v) is 3.16. The van der Waals surface area contributed by atoms with Crippen LogP contribution in [0.5, 0.6) is 0 Å². The van der Waals surface area contributed by atoms with Crippen LogP contribution < -0.4 is 5.32 Å². The van der Waals surface area contributed by atoms with Gasteiger partial charge in [0.1, 0.15) is 0 Å². The molecule has 0 aliphatic carbocycles. The molecule has 1 fully saturated rings. The third-order valence-corrected chi connectivity index (χ3v) is 4.50. The predicted molar refractivity (Wildman–Crippen MR) is 87.8 cm³/mol. The normalized spacial score (nSPS) is 22.6. The maximum Gasteiger partial charge on any atom is 0.272 e. The van der Waals surface area contributed by atoms with Crippen molar-refractivity contribution in [3.8, 4) is 0 Å². The van der Waals surface area contributed by atoms with Crippen LogP contribution in [0, 0.1) is 0 Å². The van der Waals surface area contributed by atoms with Crippen LogP contribution in [0.3, 0.4) is 0 Å². The number of hydrogen-bond donors (Lipinski definition) is 1. The lowest BCUT2D eigenvalue weighted by Gasteiger charge is -2.35. The average molecular weight is 298 g/mol. The van der Waals surface area contributed by atoms with Crippen molar-refractivity contribution in [2.45, 2.75) is 24.9 Å². The molecule has 0 spiro atoms. The van der Waals surface area contributed by atoms with Crippen molar-refractivity contribution in [2.75, 3.05) is 13.6 Å². The molecule has 5 heteroatoms. The minimum Gasteiger partial charge on any atom is -0.348 e.